The number of hydrogen-bond acceptors (Lipinski definition) is 4. The first-order chi connectivity index (χ1) is 15.7. The van der Waals surface area contributed by atoms with E-state index in [9.17, 15) is 4.79 Å². The maximum atomic E-state index is 12.8. The number of hydrogen-bond donors (Lipinski definition) is 1. The maximum absolute atomic E-state index is 12.8. The van der Waals surface area contributed by atoms with Gasteiger partial charge in [-0.2, -0.15) is 0 Å². The van der Waals surface area contributed by atoms with Gasteiger partial charge in [0.25, 0.3) is 0 Å². The van der Waals surface area contributed by atoms with Gasteiger partial charge in [0, 0.05) is 34.8 Å². The number of piperidine rings is 1. The van der Waals surface area contributed by atoms with E-state index >= 15 is 0 Å². The van der Waals surface area contributed by atoms with Gasteiger partial charge in [0.15, 0.2) is 0 Å². The van der Waals surface area contributed by atoms with E-state index in [1.54, 1.807) is 12.4 Å². The number of likely N-dealkylation sites (tertiary alicyclic amines) is 1. The fourth-order valence-electron chi connectivity index (χ4n) is 4.35. The molecule has 32 heavy (non-hydrogen) atoms. The minimum absolute atomic E-state index is 0.0394. The summed E-state index contributed by atoms with van der Waals surface area (Å²) in [6.45, 7) is 2.38. The first-order valence-corrected chi connectivity index (χ1v) is 11.6. The Morgan fingerprint density at radius 3 is 2.66 bits per heavy atom. The molecule has 4 aromatic rings. The van der Waals surface area contributed by atoms with E-state index in [0.717, 1.165) is 58.6 Å². The van der Waals surface area contributed by atoms with Crippen LogP contribution in [0.4, 0.5) is 5.69 Å². The number of fused-ring (bicyclic) bond motifs is 1. The molecule has 0 aliphatic carbocycles. The van der Waals surface area contributed by atoms with Crippen LogP contribution >= 0.6 is 15.9 Å². The van der Waals surface area contributed by atoms with Crippen molar-refractivity contribution in [3.05, 3.63) is 83.4 Å². The highest BCUT2D eigenvalue weighted by Crippen LogP contribution is 2.26. The molecule has 1 amide bonds. The fraction of sp³-hybridized carbons (Fsp3) is 0.240. The second-order valence-corrected chi connectivity index (χ2v) is 9.04. The molecule has 1 aliphatic heterocycles. The van der Waals surface area contributed by atoms with E-state index in [1.807, 2.05) is 36.4 Å². The molecule has 7 heteroatoms. The van der Waals surface area contributed by atoms with Gasteiger partial charge in [0.1, 0.15) is 5.82 Å². The topological polar surface area (TPSA) is 63.1 Å². The predicted molar refractivity (Wildman–Crippen MR) is 130 cm³/mol. The number of anilines is 1. The summed E-state index contributed by atoms with van der Waals surface area (Å²) < 4.78 is 3.27. The summed E-state index contributed by atoms with van der Waals surface area (Å²) in [4.78, 5) is 24.1. The second-order valence-electron chi connectivity index (χ2n) is 8.13. The van der Waals surface area contributed by atoms with E-state index < -0.39 is 0 Å². The van der Waals surface area contributed by atoms with Crippen LogP contribution in [0.15, 0.2) is 77.5 Å². The number of para-hydroxylation sites is 2. The van der Waals surface area contributed by atoms with E-state index in [0.29, 0.717) is 6.54 Å². The molecule has 3 heterocycles. The van der Waals surface area contributed by atoms with Gasteiger partial charge in [-0.05, 0) is 67.9 Å². The highest BCUT2D eigenvalue weighted by molar-refractivity contribution is 9.10. The molecule has 162 valence electrons. The number of carbonyl (C=O) groups excluding carboxylic acids is 1. The van der Waals surface area contributed by atoms with Crippen LogP contribution in [0.5, 0.6) is 0 Å². The van der Waals surface area contributed by atoms with Gasteiger partial charge in [-0.25, -0.2) is 4.98 Å². The lowest BCUT2D eigenvalue weighted by Crippen LogP contribution is -2.40. The molecule has 2 aromatic carbocycles. The quantitative estimate of drug-likeness (QED) is 0.426. The van der Waals surface area contributed by atoms with Gasteiger partial charge >= 0.3 is 0 Å². The molecule has 5 rings (SSSR count). The zero-order chi connectivity index (χ0) is 21.9. The smallest absolute Gasteiger partial charge is 0.228 e. The number of aromatic nitrogens is 3. The van der Waals surface area contributed by atoms with Crippen molar-refractivity contribution in [2.45, 2.75) is 19.4 Å². The third-order valence-electron chi connectivity index (χ3n) is 5.90. The predicted octanol–water partition coefficient (Wildman–Crippen LogP) is 5.03. The lowest BCUT2D eigenvalue weighted by atomic mass is 9.97. The van der Waals surface area contributed by atoms with Crippen LogP contribution in [0.1, 0.15) is 18.7 Å². The summed E-state index contributed by atoms with van der Waals surface area (Å²) in [5.74, 6) is 1.02. The summed E-state index contributed by atoms with van der Waals surface area (Å²) >= 11 is 3.53. The molecular weight excluding hydrogens is 466 g/mol. The lowest BCUT2D eigenvalue weighted by molar-refractivity contribution is -0.121. The molecular formula is C25H24BrN5O. The van der Waals surface area contributed by atoms with Crippen molar-refractivity contribution in [1.29, 1.82) is 0 Å². The SMILES string of the molecule is O=C(Nc1ccncc1)[C@@H]1CCCN(Cc2nc3ccccc3n2-c2ccc(Br)cc2)C1. The van der Waals surface area contributed by atoms with Crippen molar-refractivity contribution < 1.29 is 4.79 Å². The molecule has 6 nitrogen and oxygen atoms in total. The minimum atomic E-state index is -0.0394. The number of carbonyl (C=O) groups is 1. The summed E-state index contributed by atoms with van der Waals surface area (Å²) in [6.07, 6.45) is 5.27. The minimum Gasteiger partial charge on any atom is -0.326 e. The number of imidazole rings is 1. The molecule has 0 spiro atoms. The summed E-state index contributed by atoms with van der Waals surface area (Å²) in [6, 6.07) is 20.2. The lowest BCUT2D eigenvalue weighted by Gasteiger charge is -2.31. The van der Waals surface area contributed by atoms with Crippen LogP contribution in [0.3, 0.4) is 0 Å². The Balaban J connectivity index is 1.37. The average Bonchev–Trinajstić information content (AvgIpc) is 3.18. The highest BCUT2D eigenvalue weighted by Gasteiger charge is 2.27. The first kappa shape index (κ1) is 20.8. The van der Waals surface area contributed by atoms with Crippen molar-refractivity contribution in [3.63, 3.8) is 0 Å². The molecule has 1 aliphatic rings. The number of halogens is 1. The molecule has 0 unspecified atom stereocenters. The molecule has 2 aromatic heterocycles. The Kier molecular flexibility index (Phi) is 6.01. The molecule has 1 fully saturated rings. The van der Waals surface area contributed by atoms with E-state index in [4.69, 9.17) is 4.98 Å². The van der Waals surface area contributed by atoms with Gasteiger partial charge in [-0.3, -0.25) is 19.2 Å². The Labute approximate surface area is 195 Å². The zero-order valence-electron chi connectivity index (χ0n) is 17.6. The van der Waals surface area contributed by atoms with Gasteiger partial charge in [0.05, 0.1) is 23.5 Å². The number of nitrogens with one attached hydrogen (secondary N) is 1. The number of amides is 1. The standard InChI is InChI=1S/C25H24BrN5O/c26-19-7-9-21(10-8-19)31-23-6-2-1-5-22(23)29-24(31)17-30-15-3-4-18(16-30)25(32)28-20-11-13-27-14-12-20/h1-2,5-14,18H,3-4,15-17H2,(H,27,28,32)/t18-/m1/s1. The van der Waals surface area contributed by atoms with Crippen molar-refractivity contribution in [3.8, 4) is 5.69 Å². The summed E-state index contributed by atoms with van der Waals surface area (Å²) in [7, 11) is 0. The third kappa shape index (κ3) is 4.45. The normalized spacial score (nSPS) is 16.8. The van der Waals surface area contributed by atoms with Crippen LogP contribution in [-0.2, 0) is 11.3 Å². The van der Waals surface area contributed by atoms with Crippen LogP contribution in [0, 0.1) is 5.92 Å². The van der Waals surface area contributed by atoms with Gasteiger partial charge in [-0.15, -0.1) is 0 Å². The monoisotopic (exact) mass is 489 g/mol. The van der Waals surface area contributed by atoms with Gasteiger partial charge in [0.2, 0.25) is 5.91 Å². The summed E-state index contributed by atoms with van der Waals surface area (Å²) in [5, 5.41) is 3.03. The second kappa shape index (κ2) is 9.22. The van der Waals surface area contributed by atoms with Crippen molar-refractivity contribution in [2.75, 3.05) is 18.4 Å². The Bertz CT molecular complexity index is 1220. The molecule has 0 radical (unpaired) electrons. The average molecular weight is 490 g/mol. The van der Waals surface area contributed by atoms with Crippen LogP contribution in [0.2, 0.25) is 0 Å². The van der Waals surface area contributed by atoms with E-state index in [-0.39, 0.29) is 11.8 Å². The Hall–Kier alpha value is -3.03. The number of benzene rings is 2. The van der Waals surface area contributed by atoms with Crippen LogP contribution in [-0.4, -0.2) is 38.4 Å². The molecule has 0 bridgehead atoms. The first-order valence-electron chi connectivity index (χ1n) is 10.8. The Morgan fingerprint density at radius 2 is 1.84 bits per heavy atom. The largest absolute Gasteiger partial charge is 0.326 e. The van der Waals surface area contributed by atoms with Crippen LogP contribution in [0.25, 0.3) is 16.7 Å². The Morgan fingerprint density at radius 1 is 1.06 bits per heavy atom. The maximum Gasteiger partial charge on any atom is 0.228 e. The molecule has 0 saturated carbocycles. The fourth-order valence-corrected chi connectivity index (χ4v) is 4.62. The van der Waals surface area contributed by atoms with Crippen molar-refractivity contribution in [1.82, 2.24) is 19.4 Å². The molecule has 1 atom stereocenters. The molecule has 1 N–H and O–H groups in total. The van der Waals surface area contributed by atoms with E-state index in [2.05, 4.69) is 60.0 Å². The number of pyridine rings is 1. The van der Waals surface area contributed by atoms with Crippen molar-refractivity contribution >= 4 is 38.6 Å². The number of nitrogens with zero attached hydrogens (tertiary/aromatic N) is 4. The third-order valence-corrected chi connectivity index (χ3v) is 6.43. The summed E-state index contributed by atoms with van der Waals surface area (Å²) in [5.41, 5.74) is 3.95. The van der Waals surface area contributed by atoms with Crippen molar-refractivity contribution in [2.24, 2.45) is 5.92 Å². The molecule has 1 saturated heterocycles. The van der Waals surface area contributed by atoms with Crippen LogP contribution < -0.4 is 5.32 Å². The van der Waals surface area contributed by atoms with E-state index in [1.165, 1.54) is 0 Å². The van der Waals surface area contributed by atoms with Gasteiger partial charge < -0.3 is 5.32 Å². The zero-order valence-corrected chi connectivity index (χ0v) is 19.2. The van der Waals surface area contributed by atoms with Gasteiger partial charge in [-0.1, -0.05) is 28.1 Å². The highest BCUT2D eigenvalue weighted by atomic mass is 79.9. The number of rotatable bonds is 5.